The van der Waals surface area contributed by atoms with Crippen molar-refractivity contribution in [3.05, 3.63) is 17.2 Å². The van der Waals surface area contributed by atoms with Gasteiger partial charge in [-0.3, -0.25) is 0 Å². The molecular weight excluding hydrogens is 244 g/mol. The number of carbonyl (C=O) groups is 2. The zero-order valence-corrected chi connectivity index (χ0v) is 10.0. The fraction of sp³-hybridized carbons (Fsp3) is 0.273. The lowest BCUT2D eigenvalue weighted by Crippen LogP contribution is -2.13. The zero-order valence-electron chi connectivity index (χ0n) is 10.0. The minimum absolute atomic E-state index is 0.0803. The fourth-order valence-corrected chi connectivity index (χ4v) is 1.55. The van der Waals surface area contributed by atoms with E-state index in [4.69, 9.17) is 24.4 Å². The summed E-state index contributed by atoms with van der Waals surface area (Å²) in [7, 11) is 3.77. The Kier molecular flexibility index (Phi) is 3.98. The summed E-state index contributed by atoms with van der Waals surface area (Å²) in [5.74, 6) is -3.07. The van der Waals surface area contributed by atoms with Crippen LogP contribution in [0, 0.1) is 0 Å². The van der Waals surface area contributed by atoms with Crippen molar-refractivity contribution in [2.45, 2.75) is 0 Å². The van der Waals surface area contributed by atoms with Crippen molar-refractivity contribution >= 4 is 11.9 Å². The van der Waals surface area contributed by atoms with E-state index in [0.29, 0.717) is 0 Å². The predicted molar refractivity (Wildman–Crippen MR) is 60.0 cm³/mol. The van der Waals surface area contributed by atoms with Crippen LogP contribution in [0.25, 0.3) is 0 Å². The molecule has 0 aromatic heterocycles. The third-order valence-corrected chi connectivity index (χ3v) is 2.28. The standard InChI is InChI=1S/C11H12O7/c1-16-5-4-6(17-2)9(18-3)8(11(14)15)7(5)10(12)13/h4H,1-3H3,(H,12,13)(H,14,15). The molecule has 1 rings (SSSR count). The topological polar surface area (TPSA) is 102 Å². The lowest BCUT2D eigenvalue weighted by molar-refractivity contribution is 0.0644. The van der Waals surface area contributed by atoms with Crippen LogP contribution in [-0.2, 0) is 0 Å². The van der Waals surface area contributed by atoms with Crippen molar-refractivity contribution in [1.29, 1.82) is 0 Å². The molecule has 98 valence electrons. The van der Waals surface area contributed by atoms with E-state index >= 15 is 0 Å². The van der Waals surface area contributed by atoms with Gasteiger partial charge in [-0.05, 0) is 0 Å². The van der Waals surface area contributed by atoms with Crippen LogP contribution < -0.4 is 14.2 Å². The molecule has 18 heavy (non-hydrogen) atoms. The summed E-state index contributed by atoms with van der Waals surface area (Å²) in [6, 6.07) is 1.26. The lowest BCUT2D eigenvalue weighted by atomic mass is 10.0. The van der Waals surface area contributed by atoms with Gasteiger partial charge in [0.2, 0.25) is 0 Å². The van der Waals surface area contributed by atoms with Gasteiger partial charge >= 0.3 is 11.9 Å². The highest BCUT2D eigenvalue weighted by atomic mass is 16.5. The van der Waals surface area contributed by atoms with Gasteiger partial charge in [0.15, 0.2) is 11.5 Å². The minimum atomic E-state index is -1.44. The van der Waals surface area contributed by atoms with Gasteiger partial charge in [-0.25, -0.2) is 9.59 Å². The predicted octanol–water partition coefficient (Wildman–Crippen LogP) is 1.11. The van der Waals surface area contributed by atoms with E-state index in [1.807, 2.05) is 0 Å². The van der Waals surface area contributed by atoms with Crippen molar-refractivity contribution in [3.8, 4) is 17.2 Å². The quantitative estimate of drug-likeness (QED) is 0.813. The summed E-state index contributed by atoms with van der Waals surface area (Å²) in [5, 5.41) is 18.2. The van der Waals surface area contributed by atoms with Crippen molar-refractivity contribution in [2.24, 2.45) is 0 Å². The van der Waals surface area contributed by atoms with E-state index in [1.54, 1.807) is 0 Å². The maximum atomic E-state index is 11.2. The molecule has 0 radical (unpaired) electrons. The summed E-state index contributed by atoms with van der Waals surface area (Å²) in [6.45, 7) is 0. The van der Waals surface area contributed by atoms with Crippen molar-refractivity contribution in [3.63, 3.8) is 0 Å². The van der Waals surface area contributed by atoms with Crippen LogP contribution >= 0.6 is 0 Å². The van der Waals surface area contributed by atoms with Crippen LogP contribution in [-0.4, -0.2) is 43.5 Å². The Balaban J connectivity index is 3.77. The van der Waals surface area contributed by atoms with E-state index in [0.717, 1.165) is 0 Å². The van der Waals surface area contributed by atoms with Crippen LogP contribution in [0.3, 0.4) is 0 Å². The van der Waals surface area contributed by atoms with Crippen molar-refractivity contribution in [2.75, 3.05) is 21.3 Å². The highest BCUT2D eigenvalue weighted by Gasteiger charge is 2.29. The molecule has 7 heteroatoms. The third-order valence-electron chi connectivity index (χ3n) is 2.28. The first-order valence-corrected chi connectivity index (χ1v) is 4.77. The summed E-state index contributed by atoms with van der Waals surface area (Å²) in [6.07, 6.45) is 0. The van der Waals surface area contributed by atoms with Gasteiger partial charge in [0.1, 0.15) is 16.9 Å². The van der Waals surface area contributed by atoms with Gasteiger partial charge in [0.25, 0.3) is 0 Å². The average Bonchev–Trinajstić information content (AvgIpc) is 2.35. The Bertz CT molecular complexity index is 493. The molecule has 0 aliphatic heterocycles. The number of carboxylic acids is 2. The maximum Gasteiger partial charge on any atom is 0.340 e. The second-order valence-electron chi connectivity index (χ2n) is 3.17. The normalized spacial score (nSPS) is 9.72. The Hall–Kier alpha value is -2.44. The summed E-state index contributed by atoms with van der Waals surface area (Å²) < 4.78 is 14.7. The number of rotatable bonds is 5. The first kappa shape index (κ1) is 13.6. The molecule has 0 aliphatic rings. The van der Waals surface area contributed by atoms with Gasteiger partial charge in [-0.2, -0.15) is 0 Å². The van der Waals surface area contributed by atoms with E-state index in [2.05, 4.69) is 0 Å². The highest BCUT2D eigenvalue weighted by Crippen LogP contribution is 2.39. The van der Waals surface area contributed by atoms with E-state index < -0.39 is 23.1 Å². The van der Waals surface area contributed by atoms with Gasteiger partial charge in [0, 0.05) is 6.07 Å². The first-order chi connectivity index (χ1) is 8.47. The number of hydrogen-bond acceptors (Lipinski definition) is 5. The van der Waals surface area contributed by atoms with E-state index in [1.165, 1.54) is 27.4 Å². The largest absolute Gasteiger partial charge is 0.496 e. The summed E-state index contributed by atoms with van der Waals surface area (Å²) in [4.78, 5) is 22.3. The lowest BCUT2D eigenvalue weighted by Gasteiger charge is -2.15. The van der Waals surface area contributed by atoms with Crippen LogP contribution in [0.1, 0.15) is 20.7 Å². The number of hydrogen-bond donors (Lipinski definition) is 2. The molecular formula is C11H12O7. The zero-order chi connectivity index (χ0) is 13.9. The number of aromatic carboxylic acids is 2. The van der Waals surface area contributed by atoms with Crippen molar-refractivity contribution < 1.29 is 34.0 Å². The number of methoxy groups -OCH3 is 3. The smallest absolute Gasteiger partial charge is 0.340 e. The van der Waals surface area contributed by atoms with E-state index in [9.17, 15) is 9.59 Å². The van der Waals surface area contributed by atoms with Crippen LogP contribution in [0.4, 0.5) is 0 Å². The highest BCUT2D eigenvalue weighted by molar-refractivity contribution is 6.06. The molecule has 0 saturated carbocycles. The van der Waals surface area contributed by atoms with Crippen LogP contribution in [0.5, 0.6) is 17.2 Å². The Morgan fingerprint density at radius 1 is 0.889 bits per heavy atom. The monoisotopic (exact) mass is 256 g/mol. The average molecular weight is 256 g/mol. The fourth-order valence-electron chi connectivity index (χ4n) is 1.55. The molecule has 0 fully saturated rings. The number of ether oxygens (including phenoxy) is 3. The van der Waals surface area contributed by atoms with Gasteiger partial charge < -0.3 is 24.4 Å². The maximum absolute atomic E-state index is 11.2. The Labute approximate surface area is 103 Å². The van der Waals surface area contributed by atoms with Gasteiger partial charge in [-0.1, -0.05) is 0 Å². The van der Waals surface area contributed by atoms with Gasteiger partial charge in [-0.15, -0.1) is 0 Å². The minimum Gasteiger partial charge on any atom is -0.496 e. The Morgan fingerprint density at radius 3 is 1.72 bits per heavy atom. The number of carboxylic acid groups (broad SMARTS) is 2. The molecule has 0 bridgehead atoms. The molecule has 0 unspecified atom stereocenters. The molecule has 7 nitrogen and oxygen atoms in total. The Morgan fingerprint density at radius 2 is 1.39 bits per heavy atom. The van der Waals surface area contributed by atoms with E-state index in [-0.39, 0.29) is 17.2 Å². The SMILES string of the molecule is COc1cc(OC)c(C(=O)O)c(C(=O)O)c1OC. The second kappa shape index (κ2) is 5.26. The molecule has 0 aliphatic carbocycles. The third kappa shape index (κ3) is 2.15. The summed E-state index contributed by atoms with van der Waals surface area (Å²) in [5.41, 5.74) is -0.996. The van der Waals surface area contributed by atoms with Crippen LogP contribution in [0.15, 0.2) is 6.07 Å². The van der Waals surface area contributed by atoms with Crippen molar-refractivity contribution in [1.82, 2.24) is 0 Å². The first-order valence-electron chi connectivity index (χ1n) is 4.77. The molecule has 0 heterocycles. The molecule has 2 N–H and O–H groups in total. The second-order valence-corrected chi connectivity index (χ2v) is 3.17. The summed E-state index contributed by atoms with van der Waals surface area (Å²) >= 11 is 0. The molecule has 1 aromatic carbocycles. The van der Waals surface area contributed by atoms with Gasteiger partial charge in [0.05, 0.1) is 21.3 Å². The molecule has 0 amide bonds. The molecule has 0 saturated heterocycles. The van der Waals surface area contributed by atoms with Crippen LogP contribution in [0.2, 0.25) is 0 Å². The molecule has 1 aromatic rings. The molecule has 0 spiro atoms. The molecule has 0 atom stereocenters. The number of benzene rings is 1.